The number of hydrogen-bond donors (Lipinski definition) is 2. The fraction of sp³-hybridized carbons (Fsp3) is 0.0556. The average Bonchev–Trinajstić information content (AvgIpc) is 3.19. The number of rotatable bonds is 5. The highest BCUT2D eigenvalue weighted by molar-refractivity contribution is 6.30. The molecule has 0 aliphatic carbocycles. The van der Waals surface area contributed by atoms with Crippen molar-refractivity contribution in [3.8, 4) is 0 Å². The molecule has 3 N–H and O–H groups in total. The van der Waals surface area contributed by atoms with Gasteiger partial charge >= 0.3 is 0 Å². The van der Waals surface area contributed by atoms with Crippen molar-refractivity contribution in [1.29, 1.82) is 0 Å². The molecule has 0 unspecified atom stereocenters. The number of nitro benzene ring substituents is 1. The molecule has 0 spiro atoms. The molecular formula is C18H14ClN9O2. The fourth-order valence-electron chi connectivity index (χ4n) is 2.66. The van der Waals surface area contributed by atoms with Crippen molar-refractivity contribution in [3.63, 3.8) is 0 Å². The van der Waals surface area contributed by atoms with Crippen LogP contribution in [0, 0.1) is 17.0 Å². The summed E-state index contributed by atoms with van der Waals surface area (Å²) in [6.45, 7) is 1.78. The molecule has 0 amide bonds. The lowest BCUT2D eigenvalue weighted by Crippen LogP contribution is -1.88. The van der Waals surface area contributed by atoms with E-state index in [0.717, 1.165) is 0 Å². The van der Waals surface area contributed by atoms with E-state index >= 15 is 0 Å². The Labute approximate surface area is 174 Å². The minimum Gasteiger partial charge on any atom is -0.382 e. The van der Waals surface area contributed by atoms with E-state index in [-0.39, 0.29) is 11.5 Å². The van der Waals surface area contributed by atoms with Crippen molar-refractivity contribution in [2.75, 3.05) is 5.73 Å². The number of aromatic amines is 1. The maximum Gasteiger partial charge on any atom is 0.269 e. The van der Waals surface area contributed by atoms with E-state index in [1.807, 2.05) is 0 Å². The number of non-ortho nitro benzene ring substituents is 1. The van der Waals surface area contributed by atoms with E-state index in [0.29, 0.717) is 39.2 Å². The molecule has 0 atom stereocenters. The second kappa shape index (κ2) is 7.72. The average molecular weight is 424 g/mol. The van der Waals surface area contributed by atoms with E-state index in [1.54, 1.807) is 35.7 Å². The molecule has 0 radical (unpaired) electrons. The Bertz CT molecular complexity index is 1290. The predicted octanol–water partition coefficient (Wildman–Crippen LogP) is 5.95. The van der Waals surface area contributed by atoms with Crippen molar-refractivity contribution in [1.82, 2.24) is 14.6 Å². The van der Waals surface area contributed by atoms with Crippen LogP contribution in [-0.2, 0) is 0 Å². The number of anilines is 1. The molecule has 0 saturated carbocycles. The Kier molecular flexibility index (Phi) is 4.94. The first-order chi connectivity index (χ1) is 14.4. The van der Waals surface area contributed by atoms with Crippen LogP contribution in [0.1, 0.15) is 5.69 Å². The normalized spacial score (nSPS) is 11.8. The lowest BCUT2D eigenvalue weighted by atomic mass is 10.3. The summed E-state index contributed by atoms with van der Waals surface area (Å²) in [5.74, 6) is 0.703. The number of halogens is 1. The number of aromatic nitrogens is 3. The van der Waals surface area contributed by atoms with Gasteiger partial charge in [0, 0.05) is 17.2 Å². The molecule has 0 aliphatic heterocycles. The van der Waals surface area contributed by atoms with Crippen LogP contribution in [-0.4, -0.2) is 19.5 Å². The first-order valence-corrected chi connectivity index (χ1v) is 9.00. The van der Waals surface area contributed by atoms with Gasteiger partial charge in [-0.1, -0.05) is 11.6 Å². The summed E-state index contributed by atoms with van der Waals surface area (Å²) in [7, 11) is 0. The van der Waals surface area contributed by atoms with Crippen molar-refractivity contribution in [2.24, 2.45) is 20.5 Å². The van der Waals surface area contributed by atoms with Gasteiger partial charge in [0.2, 0.25) is 0 Å². The number of H-pyrrole nitrogens is 1. The Hall–Kier alpha value is -4.12. The molecule has 12 heteroatoms. The third-order valence-corrected chi connectivity index (χ3v) is 4.38. The fourth-order valence-corrected chi connectivity index (χ4v) is 2.78. The van der Waals surface area contributed by atoms with Gasteiger partial charge in [0.1, 0.15) is 5.82 Å². The van der Waals surface area contributed by atoms with E-state index in [9.17, 15) is 10.1 Å². The zero-order chi connectivity index (χ0) is 21.3. The van der Waals surface area contributed by atoms with Gasteiger partial charge in [0.15, 0.2) is 17.2 Å². The highest BCUT2D eigenvalue weighted by atomic mass is 35.5. The Morgan fingerprint density at radius 2 is 1.63 bits per heavy atom. The molecule has 2 heterocycles. The third kappa shape index (κ3) is 3.73. The van der Waals surface area contributed by atoms with Crippen LogP contribution in [0.3, 0.4) is 0 Å². The number of fused-ring (bicyclic) bond motifs is 1. The maximum absolute atomic E-state index is 10.7. The summed E-state index contributed by atoms with van der Waals surface area (Å²) >= 11 is 5.88. The summed E-state index contributed by atoms with van der Waals surface area (Å²) in [5, 5.41) is 31.0. The lowest BCUT2D eigenvalue weighted by molar-refractivity contribution is -0.384. The minimum atomic E-state index is -0.484. The van der Waals surface area contributed by atoms with Gasteiger partial charge in [-0.25, -0.2) is 9.50 Å². The van der Waals surface area contributed by atoms with Crippen LogP contribution >= 0.6 is 11.6 Å². The van der Waals surface area contributed by atoms with Gasteiger partial charge < -0.3 is 5.73 Å². The molecule has 2 aromatic heterocycles. The minimum absolute atomic E-state index is 0.0305. The number of nitrogens with zero attached hydrogens (tertiary/aromatic N) is 7. The van der Waals surface area contributed by atoms with Crippen molar-refractivity contribution < 1.29 is 4.92 Å². The maximum atomic E-state index is 10.7. The molecule has 0 aliphatic rings. The molecule has 4 aromatic rings. The van der Waals surface area contributed by atoms with Crippen LogP contribution in [0.4, 0.5) is 34.4 Å². The predicted molar refractivity (Wildman–Crippen MR) is 112 cm³/mol. The van der Waals surface area contributed by atoms with E-state index < -0.39 is 4.92 Å². The number of azo groups is 2. The largest absolute Gasteiger partial charge is 0.382 e. The summed E-state index contributed by atoms with van der Waals surface area (Å²) < 4.78 is 1.56. The number of nitro groups is 1. The number of aryl methyl sites for hydroxylation is 1. The van der Waals surface area contributed by atoms with Gasteiger partial charge in [-0.2, -0.15) is 5.11 Å². The van der Waals surface area contributed by atoms with Gasteiger partial charge in [-0.3, -0.25) is 15.2 Å². The van der Waals surface area contributed by atoms with E-state index in [2.05, 4.69) is 30.5 Å². The van der Waals surface area contributed by atoms with Gasteiger partial charge in [0.05, 0.1) is 22.0 Å². The first kappa shape index (κ1) is 19.2. The monoisotopic (exact) mass is 423 g/mol. The zero-order valence-corrected chi connectivity index (χ0v) is 16.3. The number of imidazole rings is 1. The highest BCUT2D eigenvalue weighted by Gasteiger charge is 2.17. The van der Waals surface area contributed by atoms with Crippen LogP contribution in [0.5, 0.6) is 0 Å². The molecule has 4 rings (SSSR count). The van der Waals surface area contributed by atoms with Crippen molar-refractivity contribution >= 4 is 51.6 Å². The molecular weight excluding hydrogens is 410 g/mol. The smallest absolute Gasteiger partial charge is 0.269 e. The third-order valence-electron chi connectivity index (χ3n) is 4.13. The number of hydrogen-bond acceptors (Lipinski definition) is 8. The van der Waals surface area contributed by atoms with Crippen LogP contribution < -0.4 is 5.73 Å². The van der Waals surface area contributed by atoms with Gasteiger partial charge in [0.25, 0.3) is 5.69 Å². The molecule has 150 valence electrons. The molecule has 0 bridgehead atoms. The van der Waals surface area contributed by atoms with Crippen molar-refractivity contribution in [3.05, 3.63) is 69.4 Å². The summed E-state index contributed by atoms with van der Waals surface area (Å²) in [6.07, 6.45) is 0. The topological polar surface area (TPSA) is 152 Å². The van der Waals surface area contributed by atoms with Crippen LogP contribution in [0.15, 0.2) is 69.0 Å². The zero-order valence-electron chi connectivity index (χ0n) is 15.5. The van der Waals surface area contributed by atoms with Crippen molar-refractivity contribution in [2.45, 2.75) is 6.92 Å². The van der Waals surface area contributed by atoms with Crippen LogP contribution in [0.25, 0.3) is 5.65 Å². The lowest BCUT2D eigenvalue weighted by Gasteiger charge is -1.94. The molecule has 0 saturated heterocycles. The second-order valence-corrected chi connectivity index (χ2v) is 6.64. The van der Waals surface area contributed by atoms with Gasteiger partial charge in [-0.05, 0) is 43.3 Å². The summed E-state index contributed by atoms with van der Waals surface area (Å²) in [5.41, 5.74) is 8.43. The Morgan fingerprint density at radius 3 is 2.27 bits per heavy atom. The van der Waals surface area contributed by atoms with E-state index in [4.69, 9.17) is 17.3 Å². The SMILES string of the molecule is Cc1nc2c(N=Nc3ccc([N+](=O)[O-])cc3)c(N)[nH]n2c1N=Nc1ccc(Cl)cc1. The second-order valence-electron chi connectivity index (χ2n) is 6.20. The summed E-state index contributed by atoms with van der Waals surface area (Å²) in [6, 6.07) is 12.6. The Morgan fingerprint density at radius 1 is 1.03 bits per heavy atom. The number of nitrogens with one attached hydrogen (secondary N) is 1. The highest BCUT2D eigenvalue weighted by Crippen LogP contribution is 2.34. The quantitative estimate of drug-likeness (QED) is 0.231. The Balaban J connectivity index is 1.65. The standard InChI is InChI=1S/C18H14ClN9O2/c1-10-17(25-23-12-4-2-11(19)3-5-12)27-18(21-10)15(16(20)26-27)24-22-13-6-8-14(9-7-13)28(29)30/h2-9,26H,20H2,1H3. The molecule has 11 nitrogen and oxygen atoms in total. The summed E-state index contributed by atoms with van der Waals surface area (Å²) in [4.78, 5) is 14.7. The van der Waals surface area contributed by atoms with Crippen LogP contribution in [0.2, 0.25) is 5.02 Å². The number of nitrogen functional groups attached to an aromatic ring is 1. The number of benzene rings is 2. The molecule has 2 aromatic carbocycles. The molecule has 0 fully saturated rings. The van der Waals surface area contributed by atoms with Gasteiger partial charge in [-0.15, -0.1) is 15.3 Å². The number of nitrogens with two attached hydrogens (primary N) is 1. The van der Waals surface area contributed by atoms with E-state index in [1.165, 1.54) is 24.3 Å². The molecule has 30 heavy (non-hydrogen) atoms. The first-order valence-electron chi connectivity index (χ1n) is 8.62.